The van der Waals surface area contributed by atoms with E-state index in [9.17, 15) is 22.8 Å². The highest BCUT2D eigenvalue weighted by Gasteiger charge is 2.33. The molecule has 5 nitrogen and oxygen atoms in total. The Bertz CT molecular complexity index is 606. The number of alkyl carbamates (subject to hydrolysis) is 1. The molecule has 0 fully saturated rings. The fourth-order valence-corrected chi connectivity index (χ4v) is 1.90. The quantitative estimate of drug-likeness (QED) is 0.848. The molecule has 1 aromatic rings. The minimum absolute atomic E-state index is 0.158. The van der Waals surface area contributed by atoms with Crippen LogP contribution in [0.4, 0.5) is 18.0 Å². The first kappa shape index (κ1) is 19.8. The van der Waals surface area contributed by atoms with E-state index in [2.05, 4.69) is 10.1 Å². The van der Waals surface area contributed by atoms with Crippen LogP contribution in [0.5, 0.6) is 0 Å². The van der Waals surface area contributed by atoms with Gasteiger partial charge in [0.2, 0.25) is 0 Å². The molecule has 24 heavy (non-hydrogen) atoms. The third kappa shape index (κ3) is 6.47. The van der Waals surface area contributed by atoms with Gasteiger partial charge in [0.15, 0.2) is 0 Å². The molecule has 0 bridgehead atoms. The Morgan fingerprint density at radius 1 is 1.17 bits per heavy atom. The Morgan fingerprint density at radius 2 is 1.79 bits per heavy atom. The lowest BCUT2D eigenvalue weighted by molar-refractivity contribution is -0.139. The van der Waals surface area contributed by atoms with Crippen LogP contribution >= 0.6 is 0 Å². The van der Waals surface area contributed by atoms with Gasteiger partial charge in [0.05, 0.1) is 19.1 Å². The number of carbonyl (C=O) groups is 2. The highest BCUT2D eigenvalue weighted by molar-refractivity contribution is 5.72. The van der Waals surface area contributed by atoms with Crippen LogP contribution in [0.25, 0.3) is 0 Å². The summed E-state index contributed by atoms with van der Waals surface area (Å²) in [7, 11) is 1.19. The average molecular weight is 347 g/mol. The van der Waals surface area contributed by atoms with Crippen LogP contribution in [-0.2, 0) is 33.4 Å². The van der Waals surface area contributed by atoms with Crippen molar-refractivity contribution in [1.82, 2.24) is 5.32 Å². The van der Waals surface area contributed by atoms with Gasteiger partial charge in [-0.25, -0.2) is 4.79 Å². The van der Waals surface area contributed by atoms with Crippen LogP contribution in [0.2, 0.25) is 0 Å². The summed E-state index contributed by atoms with van der Waals surface area (Å²) < 4.78 is 48.7. The number of alkyl halides is 3. The molecule has 134 valence electrons. The number of esters is 1. The Kier molecular flexibility index (Phi) is 6.22. The number of benzene rings is 1. The summed E-state index contributed by atoms with van der Waals surface area (Å²) in [6.07, 6.45) is -5.56. The zero-order chi connectivity index (χ0) is 18.5. The van der Waals surface area contributed by atoms with E-state index in [4.69, 9.17) is 4.74 Å². The topological polar surface area (TPSA) is 64.6 Å². The van der Waals surface area contributed by atoms with Crippen LogP contribution in [0, 0.1) is 0 Å². The fourth-order valence-electron chi connectivity index (χ4n) is 1.90. The summed E-state index contributed by atoms with van der Waals surface area (Å²) in [4.78, 5) is 22.9. The second-order valence-corrected chi connectivity index (χ2v) is 6.10. The van der Waals surface area contributed by atoms with Crippen LogP contribution in [0.15, 0.2) is 18.2 Å². The highest BCUT2D eigenvalue weighted by atomic mass is 19.4. The van der Waals surface area contributed by atoms with Crippen molar-refractivity contribution in [2.24, 2.45) is 0 Å². The lowest BCUT2D eigenvalue weighted by Crippen LogP contribution is -2.32. The van der Waals surface area contributed by atoms with Gasteiger partial charge < -0.3 is 14.8 Å². The van der Waals surface area contributed by atoms with Gasteiger partial charge in [-0.15, -0.1) is 0 Å². The SMILES string of the molecule is COC(=O)Cc1ccc(C(F)(F)F)c(CNC(=O)OC(C)(C)C)c1. The third-order valence-electron chi connectivity index (χ3n) is 2.87. The minimum Gasteiger partial charge on any atom is -0.469 e. The van der Waals surface area contributed by atoms with E-state index in [-0.39, 0.29) is 18.5 Å². The summed E-state index contributed by atoms with van der Waals surface area (Å²) in [6.45, 7) is 4.55. The number of carbonyl (C=O) groups excluding carboxylic acids is 2. The highest BCUT2D eigenvalue weighted by Crippen LogP contribution is 2.32. The fraction of sp³-hybridized carbons (Fsp3) is 0.500. The van der Waals surface area contributed by atoms with Gasteiger partial charge in [0.1, 0.15) is 5.60 Å². The summed E-state index contributed by atoms with van der Waals surface area (Å²) in [5.74, 6) is -0.569. The van der Waals surface area contributed by atoms with Crippen molar-refractivity contribution in [1.29, 1.82) is 0 Å². The molecule has 0 radical (unpaired) electrons. The van der Waals surface area contributed by atoms with Crippen LogP contribution < -0.4 is 5.32 Å². The van der Waals surface area contributed by atoms with Crippen molar-refractivity contribution in [2.75, 3.05) is 7.11 Å². The van der Waals surface area contributed by atoms with Crippen molar-refractivity contribution >= 4 is 12.1 Å². The average Bonchev–Trinajstić information content (AvgIpc) is 2.42. The molecule has 0 unspecified atom stereocenters. The summed E-state index contributed by atoms with van der Waals surface area (Å²) >= 11 is 0. The van der Waals surface area contributed by atoms with Gasteiger partial charge in [0, 0.05) is 6.54 Å². The lowest BCUT2D eigenvalue weighted by atomic mass is 10.0. The molecular formula is C16H20F3NO4. The van der Waals surface area contributed by atoms with Gasteiger partial charge in [-0.1, -0.05) is 12.1 Å². The van der Waals surface area contributed by atoms with E-state index in [0.29, 0.717) is 5.56 Å². The maximum absolute atomic E-state index is 13.1. The van der Waals surface area contributed by atoms with E-state index in [1.54, 1.807) is 20.8 Å². The largest absolute Gasteiger partial charge is 0.469 e. The molecule has 1 aromatic carbocycles. The molecule has 8 heteroatoms. The van der Waals surface area contributed by atoms with Crippen molar-refractivity contribution < 1.29 is 32.2 Å². The number of methoxy groups -OCH3 is 1. The second-order valence-electron chi connectivity index (χ2n) is 6.10. The molecule has 0 aliphatic heterocycles. The predicted octanol–water partition coefficient (Wildman–Crippen LogP) is 3.45. The molecule has 0 atom stereocenters. The summed E-state index contributed by atoms with van der Waals surface area (Å²) in [5.41, 5.74) is -1.44. The third-order valence-corrected chi connectivity index (χ3v) is 2.87. The number of nitrogens with one attached hydrogen (secondary N) is 1. The standard InChI is InChI=1S/C16H20F3NO4/c1-15(2,3)24-14(22)20-9-11-7-10(8-13(21)23-4)5-6-12(11)16(17,18)19/h5-7H,8-9H2,1-4H3,(H,20,22). The summed E-state index contributed by atoms with van der Waals surface area (Å²) in [6, 6.07) is 3.30. The normalized spacial score (nSPS) is 11.8. The van der Waals surface area contributed by atoms with E-state index >= 15 is 0 Å². The number of ether oxygens (including phenoxy) is 2. The van der Waals surface area contributed by atoms with Crippen molar-refractivity contribution in [3.8, 4) is 0 Å². The number of halogens is 3. The van der Waals surface area contributed by atoms with Gasteiger partial charge in [-0.3, -0.25) is 4.79 Å². The smallest absolute Gasteiger partial charge is 0.416 e. The first-order valence-electron chi connectivity index (χ1n) is 7.15. The molecule has 0 saturated heterocycles. The molecule has 0 spiro atoms. The molecule has 1 amide bonds. The van der Waals surface area contributed by atoms with Crippen LogP contribution in [0.1, 0.15) is 37.5 Å². The maximum Gasteiger partial charge on any atom is 0.416 e. The Hall–Kier alpha value is -2.25. The lowest BCUT2D eigenvalue weighted by Gasteiger charge is -2.20. The van der Waals surface area contributed by atoms with E-state index in [0.717, 1.165) is 6.07 Å². The van der Waals surface area contributed by atoms with Crippen LogP contribution in [0.3, 0.4) is 0 Å². The molecule has 0 heterocycles. The monoisotopic (exact) mass is 347 g/mol. The number of rotatable bonds is 4. The zero-order valence-electron chi connectivity index (χ0n) is 13.9. The molecule has 1 rings (SSSR count). The van der Waals surface area contributed by atoms with E-state index in [1.165, 1.54) is 19.2 Å². The number of hydrogen-bond acceptors (Lipinski definition) is 4. The predicted molar refractivity (Wildman–Crippen MR) is 80.2 cm³/mol. The Morgan fingerprint density at radius 3 is 2.29 bits per heavy atom. The van der Waals surface area contributed by atoms with Gasteiger partial charge >= 0.3 is 18.2 Å². The number of amides is 1. The van der Waals surface area contributed by atoms with Crippen molar-refractivity contribution in [3.05, 3.63) is 34.9 Å². The minimum atomic E-state index is -4.57. The van der Waals surface area contributed by atoms with Gasteiger partial charge in [0.25, 0.3) is 0 Å². The molecule has 0 aromatic heterocycles. The van der Waals surface area contributed by atoms with E-state index < -0.39 is 29.4 Å². The van der Waals surface area contributed by atoms with Crippen molar-refractivity contribution in [2.45, 2.75) is 45.5 Å². The van der Waals surface area contributed by atoms with E-state index in [1.807, 2.05) is 0 Å². The molecule has 0 aliphatic carbocycles. The molecule has 1 N–H and O–H groups in total. The first-order valence-corrected chi connectivity index (χ1v) is 7.15. The van der Waals surface area contributed by atoms with Gasteiger partial charge in [-0.2, -0.15) is 13.2 Å². The first-order chi connectivity index (χ1) is 10.9. The second kappa shape index (κ2) is 7.55. The van der Waals surface area contributed by atoms with Crippen molar-refractivity contribution in [3.63, 3.8) is 0 Å². The molecular weight excluding hydrogens is 327 g/mol. The molecule has 0 saturated carbocycles. The molecule has 0 aliphatic rings. The number of hydrogen-bond donors (Lipinski definition) is 1. The zero-order valence-corrected chi connectivity index (χ0v) is 13.9. The maximum atomic E-state index is 13.1. The Labute approximate surface area is 138 Å². The Balaban J connectivity index is 2.97. The summed E-state index contributed by atoms with van der Waals surface area (Å²) in [5, 5.41) is 2.29. The van der Waals surface area contributed by atoms with Crippen LogP contribution in [-0.4, -0.2) is 24.8 Å². The van der Waals surface area contributed by atoms with Gasteiger partial charge in [-0.05, 0) is 38.0 Å².